The number of hydrogen-bond donors (Lipinski definition) is 1. The minimum Gasteiger partial charge on any atom is -0.344 e. The average molecular weight is 554 g/mol. The Balaban J connectivity index is 1.44. The molecule has 38 heavy (non-hydrogen) atoms. The van der Waals surface area contributed by atoms with E-state index in [-0.39, 0.29) is 41.2 Å². The third kappa shape index (κ3) is 5.50. The van der Waals surface area contributed by atoms with Gasteiger partial charge in [-0.25, -0.2) is 13.4 Å². The third-order valence-electron chi connectivity index (χ3n) is 8.04. The number of hydrogen-bond acceptors (Lipinski definition) is 6. The van der Waals surface area contributed by atoms with Gasteiger partial charge in [0.2, 0.25) is 11.8 Å². The molecular formula is C29H35N3O4S2. The van der Waals surface area contributed by atoms with Crippen LogP contribution in [0.5, 0.6) is 0 Å². The lowest BCUT2D eigenvalue weighted by Crippen LogP contribution is -2.54. The molecule has 3 aromatic rings. The summed E-state index contributed by atoms with van der Waals surface area (Å²) in [7, 11) is -3.08. The van der Waals surface area contributed by atoms with Crippen LogP contribution >= 0.6 is 11.3 Å². The van der Waals surface area contributed by atoms with Crippen LogP contribution < -0.4 is 5.32 Å². The Labute approximate surface area is 228 Å². The van der Waals surface area contributed by atoms with Crippen LogP contribution in [0.2, 0.25) is 0 Å². The average Bonchev–Trinajstić information content (AvgIpc) is 3.58. The molecule has 2 saturated heterocycles. The first kappa shape index (κ1) is 26.8. The number of carbonyl (C=O) groups excluding carboxylic acids is 2. The van der Waals surface area contributed by atoms with Gasteiger partial charge < -0.3 is 10.2 Å². The van der Waals surface area contributed by atoms with Gasteiger partial charge in [-0.05, 0) is 49.7 Å². The highest BCUT2D eigenvalue weighted by Crippen LogP contribution is 2.40. The number of nitrogens with one attached hydrogen (secondary N) is 1. The van der Waals surface area contributed by atoms with Crippen LogP contribution in [0.25, 0.3) is 21.3 Å². The van der Waals surface area contributed by atoms with Crippen molar-refractivity contribution in [1.82, 2.24) is 15.2 Å². The molecule has 9 heteroatoms. The smallest absolute Gasteiger partial charge is 0.246 e. The Morgan fingerprint density at radius 1 is 1.08 bits per heavy atom. The third-order valence-corrected chi connectivity index (χ3v) is 10.9. The van der Waals surface area contributed by atoms with Gasteiger partial charge in [0.05, 0.1) is 27.8 Å². The second kappa shape index (κ2) is 11.1. The van der Waals surface area contributed by atoms with E-state index in [2.05, 4.69) is 29.6 Å². The van der Waals surface area contributed by atoms with Crippen LogP contribution in [-0.2, 0) is 19.4 Å². The number of sulfone groups is 1. The first-order chi connectivity index (χ1) is 18.3. The molecule has 1 N–H and O–H groups in total. The number of aromatic nitrogens is 1. The van der Waals surface area contributed by atoms with Gasteiger partial charge in [-0.1, -0.05) is 56.3 Å². The Morgan fingerprint density at radius 2 is 1.82 bits per heavy atom. The van der Waals surface area contributed by atoms with Crippen molar-refractivity contribution in [3.63, 3.8) is 0 Å². The summed E-state index contributed by atoms with van der Waals surface area (Å²) in [6.45, 7) is 4.40. The molecule has 2 aliphatic heterocycles. The van der Waals surface area contributed by atoms with Gasteiger partial charge >= 0.3 is 0 Å². The number of amides is 2. The summed E-state index contributed by atoms with van der Waals surface area (Å²) in [6, 6.07) is 15.5. The molecule has 0 aliphatic carbocycles. The quantitative estimate of drug-likeness (QED) is 0.445. The van der Waals surface area contributed by atoms with Crippen molar-refractivity contribution in [2.75, 3.05) is 18.1 Å². The van der Waals surface area contributed by atoms with Crippen LogP contribution in [-0.4, -0.2) is 54.2 Å². The first-order valence-corrected chi connectivity index (χ1v) is 16.2. The van der Waals surface area contributed by atoms with Gasteiger partial charge in [-0.15, -0.1) is 11.3 Å². The van der Waals surface area contributed by atoms with Gasteiger partial charge in [-0.3, -0.25) is 9.59 Å². The summed E-state index contributed by atoms with van der Waals surface area (Å²) >= 11 is 1.62. The number of nitrogens with zero attached hydrogens (tertiary/aromatic N) is 2. The summed E-state index contributed by atoms with van der Waals surface area (Å²) in [5, 5.41) is 3.94. The van der Waals surface area contributed by atoms with E-state index >= 15 is 0 Å². The number of carbonyl (C=O) groups is 2. The molecule has 5 rings (SSSR count). The van der Waals surface area contributed by atoms with Gasteiger partial charge in [-0.2, -0.15) is 0 Å². The van der Waals surface area contributed by atoms with E-state index in [9.17, 15) is 18.0 Å². The van der Waals surface area contributed by atoms with E-state index in [4.69, 9.17) is 4.98 Å². The van der Waals surface area contributed by atoms with Crippen LogP contribution in [0.15, 0.2) is 48.5 Å². The molecule has 0 spiro atoms. The molecule has 2 aromatic carbocycles. The van der Waals surface area contributed by atoms with E-state index in [0.29, 0.717) is 25.8 Å². The molecule has 202 valence electrons. The highest BCUT2D eigenvalue weighted by molar-refractivity contribution is 7.91. The maximum atomic E-state index is 14.1. The van der Waals surface area contributed by atoms with E-state index < -0.39 is 15.9 Å². The molecule has 0 saturated carbocycles. The van der Waals surface area contributed by atoms with E-state index in [0.717, 1.165) is 39.2 Å². The highest BCUT2D eigenvalue weighted by Gasteiger charge is 2.41. The molecular weight excluding hydrogens is 518 g/mol. The van der Waals surface area contributed by atoms with Crippen molar-refractivity contribution in [2.45, 2.75) is 58.0 Å². The predicted molar refractivity (Wildman–Crippen MR) is 152 cm³/mol. The van der Waals surface area contributed by atoms with Crippen LogP contribution in [0.1, 0.15) is 57.0 Å². The number of benzene rings is 2. The molecule has 3 heterocycles. The van der Waals surface area contributed by atoms with Crippen molar-refractivity contribution in [3.8, 4) is 11.1 Å². The lowest BCUT2D eigenvalue weighted by atomic mass is 9.91. The molecule has 1 aromatic heterocycles. The molecule has 0 radical (unpaired) electrons. The lowest BCUT2D eigenvalue weighted by Gasteiger charge is -2.35. The largest absolute Gasteiger partial charge is 0.344 e. The highest BCUT2D eigenvalue weighted by atomic mass is 32.2. The first-order valence-electron chi connectivity index (χ1n) is 13.5. The summed E-state index contributed by atoms with van der Waals surface area (Å²) in [6.07, 6.45) is 3.13. The second-order valence-corrected chi connectivity index (χ2v) is 13.9. The number of para-hydroxylation sites is 1. The zero-order valence-corrected chi connectivity index (χ0v) is 23.6. The monoisotopic (exact) mass is 553 g/mol. The standard InChI is InChI=1S/C29H35N3O4S2/c1-3-19(2)27(33)30-25(21-14-17-38(35,36)18-15-21)29(34)32-16-8-12-23(32)28-31-26-22(11-7-13-24(26)37-28)20-9-5-4-6-10-20/h4-7,9-11,13,19,21,23,25H,3,8,12,14-18H2,1-2H3,(H,30,33)/t19-,23+,25+/m1/s1. The Kier molecular flexibility index (Phi) is 7.86. The Hall–Kier alpha value is -2.78. The molecule has 2 amide bonds. The molecule has 2 fully saturated rings. The molecule has 7 nitrogen and oxygen atoms in total. The van der Waals surface area contributed by atoms with E-state index in [1.54, 1.807) is 11.3 Å². The van der Waals surface area contributed by atoms with Crippen LogP contribution in [0.4, 0.5) is 0 Å². The Bertz CT molecular complexity index is 1410. The topological polar surface area (TPSA) is 96.4 Å². The fourth-order valence-electron chi connectivity index (χ4n) is 5.53. The van der Waals surface area contributed by atoms with Crippen molar-refractivity contribution >= 4 is 43.2 Å². The number of fused-ring (bicyclic) bond motifs is 1. The number of likely N-dealkylation sites (tertiary alicyclic amines) is 1. The molecule has 3 atom stereocenters. The van der Waals surface area contributed by atoms with Crippen molar-refractivity contribution < 1.29 is 18.0 Å². The van der Waals surface area contributed by atoms with Gasteiger partial charge in [0.15, 0.2) is 0 Å². The summed E-state index contributed by atoms with van der Waals surface area (Å²) in [5.41, 5.74) is 3.12. The normalized spacial score (nSPS) is 21.3. The van der Waals surface area contributed by atoms with Gasteiger partial charge in [0.25, 0.3) is 0 Å². The fraction of sp³-hybridized carbons (Fsp3) is 0.483. The molecule has 0 unspecified atom stereocenters. The van der Waals surface area contributed by atoms with Crippen LogP contribution in [0, 0.1) is 11.8 Å². The molecule has 2 aliphatic rings. The van der Waals surface area contributed by atoms with Crippen molar-refractivity contribution in [1.29, 1.82) is 0 Å². The zero-order valence-electron chi connectivity index (χ0n) is 21.9. The van der Waals surface area contributed by atoms with E-state index in [1.165, 1.54) is 0 Å². The minimum atomic E-state index is -3.08. The summed E-state index contributed by atoms with van der Waals surface area (Å²) in [5.74, 6) is -0.555. The van der Waals surface area contributed by atoms with Crippen molar-refractivity contribution in [3.05, 3.63) is 53.5 Å². The van der Waals surface area contributed by atoms with E-state index in [1.807, 2.05) is 43.0 Å². The Morgan fingerprint density at radius 3 is 2.53 bits per heavy atom. The SMILES string of the molecule is CC[C@@H](C)C(=O)N[C@H](C(=O)N1CCC[C@H]1c1nc2c(-c3ccccc3)cccc2s1)C1CCS(=O)(=O)CC1. The zero-order chi connectivity index (χ0) is 26.9. The lowest BCUT2D eigenvalue weighted by molar-refractivity contribution is -0.139. The fourth-order valence-corrected chi connectivity index (χ4v) is 8.20. The minimum absolute atomic E-state index is 0.0597. The molecule has 0 bridgehead atoms. The maximum absolute atomic E-state index is 14.1. The van der Waals surface area contributed by atoms with Gasteiger partial charge in [0, 0.05) is 18.0 Å². The van der Waals surface area contributed by atoms with Gasteiger partial charge in [0.1, 0.15) is 20.9 Å². The maximum Gasteiger partial charge on any atom is 0.246 e. The summed E-state index contributed by atoms with van der Waals surface area (Å²) in [4.78, 5) is 33.9. The number of thiazole rings is 1. The summed E-state index contributed by atoms with van der Waals surface area (Å²) < 4.78 is 25.3. The number of rotatable bonds is 7. The van der Waals surface area contributed by atoms with Crippen LogP contribution in [0.3, 0.4) is 0 Å². The second-order valence-electron chi connectivity index (χ2n) is 10.5. The van der Waals surface area contributed by atoms with Crippen molar-refractivity contribution in [2.24, 2.45) is 11.8 Å². The predicted octanol–water partition coefficient (Wildman–Crippen LogP) is 4.98.